The van der Waals surface area contributed by atoms with Crippen LogP contribution in [-0.4, -0.2) is 13.0 Å². The van der Waals surface area contributed by atoms with E-state index in [1.54, 1.807) is 31.3 Å². The first-order valence-electron chi connectivity index (χ1n) is 6.65. The number of benzene rings is 2. The van der Waals surface area contributed by atoms with Crippen molar-refractivity contribution in [2.45, 2.75) is 13.0 Å². The Kier molecular flexibility index (Phi) is 4.42. The van der Waals surface area contributed by atoms with Gasteiger partial charge in [-0.2, -0.15) is 0 Å². The quantitative estimate of drug-likeness (QED) is 0.757. The van der Waals surface area contributed by atoms with Crippen molar-refractivity contribution in [1.29, 1.82) is 0 Å². The van der Waals surface area contributed by atoms with E-state index in [-0.39, 0.29) is 17.8 Å². The third-order valence-corrected chi connectivity index (χ3v) is 3.26. The standard InChI is InChI=1S/C16H18FN3O/c1-10(11-4-3-5-13(17)8-11)20-15-7-6-12(9-14(15)18)16(21)19-2/h3-10,20H,18H2,1-2H3,(H,19,21). The molecule has 0 saturated heterocycles. The van der Waals surface area contributed by atoms with E-state index in [1.165, 1.54) is 12.1 Å². The van der Waals surface area contributed by atoms with Crippen LogP contribution < -0.4 is 16.4 Å². The summed E-state index contributed by atoms with van der Waals surface area (Å²) in [5, 5.41) is 5.76. The summed E-state index contributed by atoms with van der Waals surface area (Å²) in [4.78, 5) is 11.5. The van der Waals surface area contributed by atoms with Crippen LogP contribution in [-0.2, 0) is 0 Å². The van der Waals surface area contributed by atoms with E-state index in [0.29, 0.717) is 16.9 Å². The molecule has 1 unspecified atom stereocenters. The maximum atomic E-state index is 13.2. The smallest absolute Gasteiger partial charge is 0.251 e. The normalized spacial score (nSPS) is 11.8. The van der Waals surface area contributed by atoms with Crippen LogP contribution >= 0.6 is 0 Å². The van der Waals surface area contributed by atoms with Crippen LogP contribution in [0.25, 0.3) is 0 Å². The van der Waals surface area contributed by atoms with E-state index in [0.717, 1.165) is 5.56 Å². The summed E-state index contributed by atoms with van der Waals surface area (Å²) in [6, 6.07) is 11.3. The fourth-order valence-electron chi connectivity index (χ4n) is 2.07. The minimum atomic E-state index is -0.274. The van der Waals surface area contributed by atoms with Gasteiger partial charge in [-0.15, -0.1) is 0 Å². The van der Waals surface area contributed by atoms with Gasteiger partial charge >= 0.3 is 0 Å². The monoisotopic (exact) mass is 287 g/mol. The lowest BCUT2D eigenvalue weighted by atomic mass is 10.1. The van der Waals surface area contributed by atoms with Crippen molar-refractivity contribution in [2.24, 2.45) is 0 Å². The van der Waals surface area contributed by atoms with Gasteiger partial charge in [-0.25, -0.2) is 4.39 Å². The third-order valence-electron chi connectivity index (χ3n) is 3.26. The zero-order valence-corrected chi connectivity index (χ0v) is 12.0. The molecular weight excluding hydrogens is 269 g/mol. The summed E-state index contributed by atoms with van der Waals surface area (Å²) in [6.07, 6.45) is 0. The van der Waals surface area contributed by atoms with E-state index in [1.807, 2.05) is 13.0 Å². The first-order chi connectivity index (χ1) is 10.0. The first kappa shape index (κ1) is 14.8. The van der Waals surface area contributed by atoms with Gasteiger partial charge < -0.3 is 16.4 Å². The largest absolute Gasteiger partial charge is 0.397 e. The lowest BCUT2D eigenvalue weighted by Gasteiger charge is -2.17. The highest BCUT2D eigenvalue weighted by molar-refractivity contribution is 5.95. The van der Waals surface area contributed by atoms with E-state index >= 15 is 0 Å². The molecule has 0 fully saturated rings. The number of carbonyl (C=O) groups is 1. The highest BCUT2D eigenvalue weighted by atomic mass is 19.1. The minimum absolute atomic E-state index is 0.103. The zero-order chi connectivity index (χ0) is 15.4. The lowest BCUT2D eigenvalue weighted by Crippen LogP contribution is -2.18. The topological polar surface area (TPSA) is 67.2 Å². The zero-order valence-electron chi connectivity index (χ0n) is 12.0. The average Bonchev–Trinajstić information content (AvgIpc) is 2.48. The summed E-state index contributed by atoms with van der Waals surface area (Å²) >= 11 is 0. The van der Waals surface area contributed by atoms with Gasteiger partial charge in [0.1, 0.15) is 5.82 Å². The molecule has 0 saturated carbocycles. The maximum Gasteiger partial charge on any atom is 0.251 e. The van der Waals surface area contributed by atoms with Crippen LogP contribution in [0.15, 0.2) is 42.5 Å². The number of nitrogens with two attached hydrogens (primary N) is 1. The molecule has 21 heavy (non-hydrogen) atoms. The number of hydrogen-bond donors (Lipinski definition) is 3. The number of nitrogen functional groups attached to an aromatic ring is 1. The maximum absolute atomic E-state index is 13.2. The molecule has 5 heteroatoms. The molecule has 0 spiro atoms. The molecule has 0 aliphatic carbocycles. The van der Waals surface area contributed by atoms with Crippen molar-refractivity contribution < 1.29 is 9.18 Å². The fraction of sp³-hybridized carbons (Fsp3) is 0.188. The van der Waals surface area contributed by atoms with Gasteiger partial charge in [-0.1, -0.05) is 12.1 Å². The van der Waals surface area contributed by atoms with Gasteiger partial charge in [0.2, 0.25) is 0 Å². The van der Waals surface area contributed by atoms with E-state index in [4.69, 9.17) is 5.73 Å². The molecule has 2 aromatic rings. The van der Waals surface area contributed by atoms with Crippen molar-refractivity contribution in [3.8, 4) is 0 Å². The molecule has 0 radical (unpaired) electrons. The van der Waals surface area contributed by atoms with E-state index in [2.05, 4.69) is 10.6 Å². The number of nitrogens with one attached hydrogen (secondary N) is 2. The molecule has 2 rings (SSSR count). The van der Waals surface area contributed by atoms with Gasteiger partial charge in [-0.05, 0) is 42.8 Å². The van der Waals surface area contributed by atoms with Crippen molar-refractivity contribution in [3.63, 3.8) is 0 Å². The Labute approximate surface area is 123 Å². The molecular formula is C16H18FN3O. The number of carbonyl (C=O) groups excluding carboxylic acids is 1. The Balaban J connectivity index is 2.18. The fourth-order valence-corrected chi connectivity index (χ4v) is 2.07. The van der Waals surface area contributed by atoms with Crippen LogP contribution in [0.2, 0.25) is 0 Å². The van der Waals surface area contributed by atoms with Crippen LogP contribution in [0.1, 0.15) is 28.9 Å². The summed E-state index contributed by atoms with van der Waals surface area (Å²) in [7, 11) is 1.57. The molecule has 110 valence electrons. The Morgan fingerprint density at radius 1 is 1.24 bits per heavy atom. The molecule has 4 nitrogen and oxygen atoms in total. The van der Waals surface area contributed by atoms with Crippen molar-refractivity contribution in [2.75, 3.05) is 18.1 Å². The van der Waals surface area contributed by atoms with Crippen LogP contribution in [0.3, 0.4) is 0 Å². The second-order valence-corrected chi connectivity index (χ2v) is 4.80. The molecule has 1 amide bonds. The van der Waals surface area contributed by atoms with Gasteiger partial charge in [-0.3, -0.25) is 4.79 Å². The molecule has 2 aromatic carbocycles. The number of rotatable bonds is 4. The van der Waals surface area contributed by atoms with Gasteiger partial charge in [0, 0.05) is 18.7 Å². The molecule has 1 atom stereocenters. The second kappa shape index (κ2) is 6.26. The molecule has 0 aliphatic rings. The van der Waals surface area contributed by atoms with E-state index < -0.39 is 0 Å². The summed E-state index contributed by atoms with van der Waals surface area (Å²) < 4.78 is 13.2. The number of halogens is 1. The summed E-state index contributed by atoms with van der Waals surface area (Å²) in [6.45, 7) is 1.92. The minimum Gasteiger partial charge on any atom is -0.397 e. The molecule has 0 bridgehead atoms. The molecule has 0 aromatic heterocycles. The van der Waals surface area contributed by atoms with Crippen molar-refractivity contribution in [1.82, 2.24) is 5.32 Å². The lowest BCUT2D eigenvalue weighted by molar-refractivity contribution is 0.0963. The Bertz CT molecular complexity index is 658. The predicted octanol–water partition coefficient (Wildman–Crippen LogP) is 2.94. The van der Waals surface area contributed by atoms with Gasteiger partial charge in [0.15, 0.2) is 0 Å². The van der Waals surface area contributed by atoms with Gasteiger partial charge in [0.25, 0.3) is 5.91 Å². The first-order valence-corrected chi connectivity index (χ1v) is 6.65. The number of hydrogen-bond acceptors (Lipinski definition) is 3. The predicted molar refractivity (Wildman–Crippen MR) is 82.7 cm³/mol. The molecule has 4 N–H and O–H groups in total. The SMILES string of the molecule is CNC(=O)c1ccc(NC(C)c2cccc(F)c2)c(N)c1. The summed E-state index contributed by atoms with van der Waals surface area (Å²) in [5.41, 5.74) is 8.46. The molecule has 0 heterocycles. The van der Waals surface area contributed by atoms with Crippen molar-refractivity contribution in [3.05, 3.63) is 59.4 Å². The van der Waals surface area contributed by atoms with Crippen LogP contribution in [0.4, 0.5) is 15.8 Å². The van der Waals surface area contributed by atoms with Crippen LogP contribution in [0.5, 0.6) is 0 Å². The Morgan fingerprint density at radius 3 is 2.62 bits per heavy atom. The van der Waals surface area contributed by atoms with Gasteiger partial charge in [0.05, 0.1) is 11.4 Å². The van der Waals surface area contributed by atoms with Crippen LogP contribution in [0, 0.1) is 5.82 Å². The second-order valence-electron chi connectivity index (χ2n) is 4.80. The van der Waals surface area contributed by atoms with E-state index in [9.17, 15) is 9.18 Å². The Hall–Kier alpha value is -2.56. The third kappa shape index (κ3) is 3.51. The highest BCUT2D eigenvalue weighted by Crippen LogP contribution is 2.25. The number of anilines is 2. The summed E-state index contributed by atoms with van der Waals surface area (Å²) in [5.74, 6) is -0.462. The molecule has 0 aliphatic heterocycles. The number of amides is 1. The average molecular weight is 287 g/mol. The van der Waals surface area contributed by atoms with Crippen molar-refractivity contribution >= 4 is 17.3 Å². The Morgan fingerprint density at radius 2 is 2.00 bits per heavy atom. The highest BCUT2D eigenvalue weighted by Gasteiger charge is 2.10.